The number of thiol groups is 1. The van der Waals surface area contributed by atoms with E-state index in [1.54, 1.807) is 0 Å². The number of hydrogen-bond acceptors (Lipinski definition) is 6. The van der Waals surface area contributed by atoms with Gasteiger partial charge in [0, 0.05) is 5.75 Å². The van der Waals surface area contributed by atoms with Crippen LogP contribution in [-0.4, -0.2) is 59.9 Å². The molecular weight excluding hydrogens is 320 g/mol. The molecule has 1 fully saturated rings. The number of hydrogen-bond donors (Lipinski definition) is 6. The Balaban J connectivity index is 2.52. The minimum atomic E-state index is -1.10. The van der Waals surface area contributed by atoms with Crippen molar-refractivity contribution in [2.75, 3.05) is 18.8 Å². The lowest BCUT2D eigenvalue weighted by atomic mass is 10.1. The summed E-state index contributed by atoms with van der Waals surface area (Å²) in [5.74, 6) is -1.80. The predicted octanol–water partition coefficient (Wildman–Crippen LogP) is -1.15. The van der Waals surface area contributed by atoms with E-state index in [1.807, 2.05) is 0 Å². The van der Waals surface area contributed by atoms with E-state index >= 15 is 0 Å². The van der Waals surface area contributed by atoms with Gasteiger partial charge in [-0.2, -0.15) is 12.6 Å². The van der Waals surface area contributed by atoms with Gasteiger partial charge in [-0.25, -0.2) is 4.79 Å². The average molecular weight is 346 g/mol. The van der Waals surface area contributed by atoms with Crippen molar-refractivity contribution in [2.24, 2.45) is 5.73 Å². The van der Waals surface area contributed by atoms with Gasteiger partial charge in [0.25, 0.3) is 0 Å². The van der Waals surface area contributed by atoms with E-state index in [9.17, 15) is 14.4 Å². The van der Waals surface area contributed by atoms with E-state index in [2.05, 4.69) is 28.6 Å². The molecule has 2 amide bonds. The van der Waals surface area contributed by atoms with E-state index in [0.29, 0.717) is 25.8 Å². The van der Waals surface area contributed by atoms with Crippen LogP contribution in [0.3, 0.4) is 0 Å². The van der Waals surface area contributed by atoms with Crippen molar-refractivity contribution in [3.05, 3.63) is 0 Å². The minimum Gasteiger partial charge on any atom is -0.480 e. The summed E-state index contributed by atoms with van der Waals surface area (Å²) in [5, 5.41) is 17.3. The molecular formula is C14H26N4O4S. The SMILES string of the molecule is NCCCC[C@H](NC(=O)[C@H](CS)NC(=O)[C@@H]1CCCN1)C(=O)O. The third-order valence-electron chi connectivity index (χ3n) is 3.75. The fourth-order valence-electron chi connectivity index (χ4n) is 2.40. The summed E-state index contributed by atoms with van der Waals surface area (Å²) in [6.07, 6.45) is 3.24. The molecule has 0 radical (unpaired) electrons. The molecule has 0 bridgehead atoms. The number of nitrogens with two attached hydrogens (primary N) is 1. The predicted molar refractivity (Wildman–Crippen MR) is 89.3 cm³/mol. The number of carboxylic acid groups (broad SMARTS) is 1. The van der Waals surface area contributed by atoms with Crippen LogP contribution in [0.25, 0.3) is 0 Å². The normalized spacial score (nSPS) is 19.8. The van der Waals surface area contributed by atoms with E-state index in [-0.39, 0.29) is 17.7 Å². The topological polar surface area (TPSA) is 134 Å². The summed E-state index contributed by atoms with van der Waals surface area (Å²) in [6.45, 7) is 1.25. The van der Waals surface area contributed by atoms with Crippen molar-refractivity contribution in [3.8, 4) is 0 Å². The summed E-state index contributed by atoms with van der Waals surface area (Å²) < 4.78 is 0. The van der Waals surface area contributed by atoms with Crippen LogP contribution in [0.4, 0.5) is 0 Å². The standard InChI is InChI=1S/C14H26N4O4S/c15-6-2-1-4-10(14(21)22)17-13(20)11(8-23)18-12(19)9-5-3-7-16-9/h9-11,16,23H,1-8,15H2,(H,17,20)(H,18,19)(H,21,22)/t9-,10-,11-/m0/s1. The lowest BCUT2D eigenvalue weighted by Gasteiger charge is -2.21. The first kappa shape index (κ1) is 19.7. The highest BCUT2D eigenvalue weighted by Crippen LogP contribution is 2.06. The smallest absolute Gasteiger partial charge is 0.326 e. The Labute approximate surface area is 141 Å². The van der Waals surface area contributed by atoms with Gasteiger partial charge in [0.1, 0.15) is 12.1 Å². The molecule has 0 aromatic carbocycles. The van der Waals surface area contributed by atoms with Gasteiger partial charge >= 0.3 is 5.97 Å². The van der Waals surface area contributed by atoms with Crippen LogP contribution in [0.1, 0.15) is 32.1 Å². The Morgan fingerprint density at radius 2 is 2.00 bits per heavy atom. The fraction of sp³-hybridized carbons (Fsp3) is 0.786. The lowest BCUT2D eigenvalue weighted by molar-refractivity contribution is -0.142. The van der Waals surface area contributed by atoms with Crippen LogP contribution in [0.2, 0.25) is 0 Å². The van der Waals surface area contributed by atoms with Crippen molar-refractivity contribution in [2.45, 2.75) is 50.2 Å². The molecule has 0 aliphatic carbocycles. The van der Waals surface area contributed by atoms with Crippen LogP contribution < -0.4 is 21.7 Å². The van der Waals surface area contributed by atoms with E-state index < -0.39 is 24.0 Å². The summed E-state index contributed by atoms with van der Waals surface area (Å²) in [4.78, 5) is 35.4. The Morgan fingerprint density at radius 3 is 2.52 bits per heavy atom. The van der Waals surface area contributed by atoms with Crippen LogP contribution in [0.15, 0.2) is 0 Å². The Bertz CT molecular complexity index is 416. The quantitative estimate of drug-likeness (QED) is 0.219. The van der Waals surface area contributed by atoms with Gasteiger partial charge in [-0.1, -0.05) is 0 Å². The van der Waals surface area contributed by atoms with Gasteiger partial charge in [0.2, 0.25) is 11.8 Å². The summed E-state index contributed by atoms with van der Waals surface area (Å²) >= 11 is 4.07. The lowest BCUT2D eigenvalue weighted by Crippen LogP contribution is -2.55. The van der Waals surface area contributed by atoms with Gasteiger partial charge in [-0.3, -0.25) is 9.59 Å². The van der Waals surface area contributed by atoms with Gasteiger partial charge in [0.05, 0.1) is 6.04 Å². The number of carbonyl (C=O) groups excluding carboxylic acids is 2. The molecule has 1 saturated heterocycles. The number of carbonyl (C=O) groups is 3. The molecule has 0 saturated carbocycles. The fourth-order valence-corrected chi connectivity index (χ4v) is 2.65. The maximum Gasteiger partial charge on any atom is 0.326 e. The van der Waals surface area contributed by atoms with Crippen molar-refractivity contribution < 1.29 is 19.5 Å². The summed E-state index contributed by atoms with van der Waals surface area (Å²) in [7, 11) is 0. The molecule has 0 spiro atoms. The average Bonchev–Trinajstić information content (AvgIpc) is 3.05. The highest BCUT2D eigenvalue weighted by atomic mass is 32.1. The summed E-state index contributed by atoms with van der Waals surface area (Å²) in [5.41, 5.74) is 5.38. The van der Waals surface area contributed by atoms with Gasteiger partial charge in [-0.15, -0.1) is 0 Å². The van der Waals surface area contributed by atoms with Crippen LogP contribution in [-0.2, 0) is 14.4 Å². The van der Waals surface area contributed by atoms with E-state index in [0.717, 1.165) is 19.4 Å². The number of amides is 2. The van der Waals surface area contributed by atoms with Gasteiger partial charge < -0.3 is 26.8 Å². The number of carboxylic acids is 1. The molecule has 132 valence electrons. The molecule has 1 rings (SSSR count). The van der Waals surface area contributed by atoms with Crippen LogP contribution >= 0.6 is 12.6 Å². The van der Waals surface area contributed by atoms with Crippen molar-refractivity contribution >= 4 is 30.4 Å². The number of unbranched alkanes of at least 4 members (excludes halogenated alkanes) is 1. The zero-order valence-corrected chi connectivity index (χ0v) is 14.0. The molecule has 6 N–H and O–H groups in total. The van der Waals surface area contributed by atoms with Gasteiger partial charge in [0.15, 0.2) is 0 Å². The van der Waals surface area contributed by atoms with Crippen molar-refractivity contribution in [1.29, 1.82) is 0 Å². The largest absolute Gasteiger partial charge is 0.480 e. The number of aliphatic carboxylic acids is 1. The number of nitrogens with one attached hydrogen (secondary N) is 3. The van der Waals surface area contributed by atoms with E-state index in [1.165, 1.54) is 0 Å². The van der Waals surface area contributed by atoms with Gasteiger partial charge in [-0.05, 0) is 45.2 Å². The molecule has 9 heteroatoms. The second-order valence-corrected chi connectivity index (χ2v) is 5.94. The van der Waals surface area contributed by atoms with Crippen LogP contribution in [0, 0.1) is 0 Å². The Kier molecular flexibility index (Phi) is 8.97. The molecule has 0 aromatic rings. The molecule has 1 aliphatic rings. The third kappa shape index (κ3) is 6.76. The molecule has 23 heavy (non-hydrogen) atoms. The highest BCUT2D eigenvalue weighted by Gasteiger charge is 2.28. The third-order valence-corrected chi connectivity index (χ3v) is 4.12. The Morgan fingerprint density at radius 1 is 1.26 bits per heavy atom. The van der Waals surface area contributed by atoms with Crippen LogP contribution in [0.5, 0.6) is 0 Å². The second-order valence-electron chi connectivity index (χ2n) is 5.58. The highest BCUT2D eigenvalue weighted by molar-refractivity contribution is 7.80. The minimum absolute atomic E-state index is 0.0967. The monoisotopic (exact) mass is 346 g/mol. The Hall–Kier alpha value is -1.32. The first-order valence-electron chi connectivity index (χ1n) is 7.87. The zero-order chi connectivity index (χ0) is 17.2. The molecule has 0 aromatic heterocycles. The van der Waals surface area contributed by atoms with Crippen molar-refractivity contribution in [1.82, 2.24) is 16.0 Å². The summed E-state index contributed by atoms with van der Waals surface area (Å²) in [6, 6.07) is -2.15. The first-order chi connectivity index (χ1) is 11.0. The molecule has 3 atom stereocenters. The maximum atomic E-state index is 12.2. The first-order valence-corrected chi connectivity index (χ1v) is 8.50. The molecule has 1 aliphatic heterocycles. The molecule has 8 nitrogen and oxygen atoms in total. The van der Waals surface area contributed by atoms with E-state index in [4.69, 9.17) is 10.8 Å². The molecule has 0 unspecified atom stereocenters. The number of rotatable bonds is 10. The maximum absolute atomic E-state index is 12.2. The zero-order valence-electron chi connectivity index (χ0n) is 13.1. The molecule has 1 heterocycles. The second kappa shape index (κ2) is 10.5. The van der Waals surface area contributed by atoms with Crippen molar-refractivity contribution in [3.63, 3.8) is 0 Å².